The van der Waals surface area contributed by atoms with E-state index < -0.39 is 16.1 Å². The van der Waals surface area contributed by atoms with E-state index in [1.54, 1.807) is 42.2 Å². The summed E-state index contributed by atoms with van der Waals surface area (Å²) in [4.78, 5) is 14.4. The molecule has 1 aliphatic rings. The molecule has 4 rings (SSSR count). The minimum Gasteiger partial charge on any atom is -0.481 e. The third-order valence-corrected chi connectivity index (χ3v) is 6.59. The molecule has 0 spiro atoms. The van der Waals surface area contributed by atoms with E-state index in [4.69, 9.17) is 4.74 Å². The number of rotatable bonds is 5. The van der Waals surface area contributed by atoms with Crippen LogP contribution in [0.1, 0.15) is 23.6 Å². The van der Waals surface area contributed by atoms with Crippen molar-refractivity contribution in [2.75, 3.05) is 4.72 Å². The zero-order valence-corrected chi connectivity index (χ0v) is 18.2. The molecule has 32 heavy (non-hydrogen) atoms. The number of hydrogen-bond acceptors (Lipinski definition) is 5. The fourth-order valence-corrected chi connectivity index (χ4v) is 4.81. The van der Waals surface area contributed by atoms with Crippen molar-refractivity contribution in [1.29, 1.82) is 5.26 Å². The fourth-order valence-electron chi connectivity index (χ4n) is 3.60. The van der Waals surface area contributed by atoms with Crippen molar-refractivity contribution in [3.63, 3.8) is 0 Å². The molecule has 0 aliphatic carbocycles. The van der Waals surface area contributed by atoms with Crippen LogP contribution in [0.25, 0.3) is 0 Å². The lowest BCUT2D eigenvalue weighted by atomic mass is 10.1. The van der Waals surface area contributed by atoms with Crippen molar-refractivity contribution >= 4 is 21.6 Å². The number of carbonyl (C=O) groups excluding carboxylic acids is 1. The topological polar surface area (TPSA) is 99.5 Å². The number of nitrogens with zero attached hydrogens (tertiary/aromatic N) is 2. The van der Waals surface area contributed by atoms with Gasteiger partial charge in [-0.1, -0.05) is 42.5 Å². The second kappa shape index (κ2) is 8.73. The Balaban J connectivity index is 1.63. The van der Waals surface area contributed by atoms with Crippen LogP contribution in [0.4, 0.5) is 5.69 Å². The first-order valence-corrected chi connectivity index (χ1v) is 11.5. The lowest BCUT2D eigenvalue weighted by molar-refractivity contribution is -0.138. The molecule has 1 unspecified atom stereocenters. The van der Waals surface area contributed by atoms with E-state index in [9.17, 15) is 18.5 Å². The monoisotopic (exact) mass is 447 g/mol. The molecular weight excluding hydrogens is 426 g/mol. The Labute approximate surface area is 186 Å². The molecule has 0 bridgehead atoms. The van der Waals surface area contributed by atoms with Crippen molar-refractivity contribution in [3.8, 4) is 11.8 Å². The van der Waals surface area contributed by atoms with Crippen LogP contribution in [-0.2, 0) is 27.9 Å². The summed E-state index contributed by atoms with van der Waals surface area (Å²) in [5, 5.41) is 9.24. The number of fused-ring (bicyclic) bond motifs is 1. The highest BCUT2D eigenvalue weighted by atomic mass is 32.2. The summed E-state index contributed by atoms with van der Waals surface area (Å²) < 4.78 is 34.1. The minimum atomic E-state index is -3.97. The van der Waals surface area contributed by atoms with E-state index in [-0.39, 0.29) is 22.9 Å². The summed E-state index contributed by atoms with van der Waals surface area (Å²) >= 11 is 0. The Kier molecular flexibility index (Phi) is 5.84. The Morgan fingerprint density at radius 2 is 1.81 bits per heavy atom. The summed E-state index contributed by atoms with van der Waals surface area (Å²) in [5.74, 6) is 0.386. The van der Waals surface area contributed by atoms with Gasteiger partial charge in [-0.15, -0.1) is 0 Å². The van der Waals surface area contributed by atoms with E-state index in [0.717, 1.165) is 5.56 Å². The van der Waals surface area contributed by atoms with Gasteiger partial charge in [-0.05, 0) is 42.8 Å². The SMILES string of the molecule is CC1Oc2ccc(NS(=O)(=O)c3ccccc3C#N)cc2CN(Cc2ccccc2)C1=O. The van der Waals surface area contributed by atoms with Crippen molar-refractivity contribution < 1.29 is 17.9 Å². The normalized spacial score (nSPS) is 15.8. The largest absolute Gasteiger partial charge is 0.481 e. The molecule has 0 aromatic heterocycles. The van der Waals surface area contributed by atoms with Gasteiger partial charge in [0, 0.05) is 24.3 Å². The summed E-state index contributed by atoms with van der Waals surface area (Å²) in [6.07, 6.45) is -0.662. The standard InChI is InChI=1S/C24H21N3O4S/c1-17-24(28)27(15-18-7-3-2-4-8-18)16-20-13-21(11-12-22(20)31-17)26-32(29,30)23-10-6-5-9-19(23)14-25/h2-13,17,26H,15-16H2,1H3. The summed E-state index contributed by atoms with van der Waals surface area (Å²) in [6, 6.07) is 22.4. The third-order valence-electron chi connectivity index (χ3n) is 5.15. The Morgan fingerprint density at radius 3 is 2.56 bits per heavy atom. The molecule has 1 atom stereocenters. The van der Waals surface area contributed by atoms with Gasteiger partial charge in [0.05, 0.1) is 5.56 Å². The van der Waals surface area contributed by atoms with Crippen molar-refractivity contribution in [3.05, 3.63) is 89.5 Å². The highest BCUT2D eigenvalue weighted by molar-refractivity contribution is 7.92. The van der Waals surface area contributed by atoms with Crippen molar-refractivity contribution in [2.45, 2.75) is 31.0 Å². The van der Waals surface area contributed by atoms with Crippen LogP contribution in [0.2, 0.25) is 0 Å². The van der Waals surface area contributed by atoms with E-state index >= 15 is 0 Å². The number of nitrogens with one attached hydrogen (secondary N) is 1. The molecule has 0 fully saturated rings. The first kappa shape index (κ1) is 21.4. The first-order chi connectivity index (χ1) is 15.4. The molecule has 1 N–H and O–H groups in total. The zero-order chi connectivity index (χ0) is 22.7. The second-order valence-electron chi connectivity index (χ2n) is 7.48. The van der Waals surface area contributed by atoms with Gasteiger partial charge < -0.3 is 9.64 Å². The van der Waals surface area contributed by atoms with Crippen LogP contribution in [0.3, 0.4) is 0 Å². The minimum absolute atomic E-state index is 0.0616. The quantitative estimate of drug-likeness (QED) is 0.643. The molecule has 1 heterocycles. The predicted octanol–water partition coefficient (Wildman–Crippen LogP) is 3.67. The lowest BCUT2D eigenvalue weighted by Crippen LogP contribution is -2.37. The van der Waals surface area contributed by atoms with E-state index in [1.807, 2.05) is 36.4 Å². The molecule has 3 aromatic rings. The van der Waals surface area contributed by atoms with E-state index in [1.165, 1.54) is 12.1 Å². The van der Waals surface area contributed by atoms with Crippen LogP contribution in [0.15, 0.2) is 77.7 Å². The smallest absolute Gasteiger partial charge is 0.263 e. The third kappa shape index (κ3) is 4.43. The molecule has 0 radical (unpaired) electrons. The second-order valence-corrected chi connectivity index (χ2v) is 9.13. The zero-order valence-electron chi connectivity index (χ0n) is 17.4. The van der Waals surface area contributed by atoms with Gasteiger partial charge in [0.2, 0.25) is 0 Å². The number of hydrogen-bond donors (Lipinski definition) is 1. The van der Waals surface area contributed by atoms with Crippen LogP contribution >= 0.6 is 0 Å². The molecule has 0 saturated carbocycles. The van der Waals surface area contributed by atoms with Gasteiger partial charge in [0.15, 0.2) is 6.10 Å². The van der Waals surface area contributed by atoms with Gasteiger partial charge in [0.25, 0.3) is 15.9 Å². The summed E-state index contributed by atoms with van der Waals surface area (Å²) in [6.45, 7) is 2.39. The Bertz CT molecular complexity index is 1300. The summed E-state index contributed by atoms with van der Waals surface area (Å²) in [5.41, 5.74) is 2.06. The molecular formula is C24H21N3O4S. The average molecular weight is 448 g/mol. The Morgan fingerprint density at radius 1 is 1.09 bits per heavy atom. The fraction of sp³-hybridized carbons (Fsp3) is 0.167. The van der Waals surface area contributed by atoms with Crippen molar-refractivity contribution in [1.82, 2.24) is 4.90 Å². The average Bonchev–Trinajstić information content (AvgIpc) is 2.90. The number of ether oxygens (including phenoxy) is 1. The lowest BCUT2D eigenvalue weighted by Gasteiger charge is -2.22. The van der Waals surface area contributed by atoms with E-state index in [2.05, 4.69) is 4.72 Å². The number of anilines is 1. The molecule has 162 valence electrons. The maximum Gasteiger partial charge on any atom is 0.263 e. The van der Waals surface area contributed by atoms with Crippen LogP contribution < -0.4 is 9.46 Å². The number of benzene rings is 3. The van der Waals surface area contributed by atoms with Gasteiger partial charge >= 0.3 is 0 Å². The van der Waals surface area contributed by atoms with Crippen LogP contribution in [-0.4, -0.2) is 25.3 Å². The van der Waals surface area contributed by atoms with Gasteiger partial charge in [-0.2, -0.15) is 5.26 Å². The highest BCUT2D eigenvalue weighted by Crippen LogP contribution is 2.30. The Hall–Kier alpha value is -3.83. The number of carbonyl (C=O) groups is 1. The van der Waals surface area contributed by atoms with Crippen LogP contribution in [0.5, 0.6) is 5.75 Å². The van der Waals surface area contributed by atoms with Crippen LogP contribution in [0, 0.1) is 11.3 Å². The predicted molar refractivity (Wildman–Crippen MR) is 119 cm³/mol. The maximum absolute atomic E-state index is 12.9. The maximum atomic E-state index is 12.9. The molecule has 8 heteroatoms. The molecule has 1 aliphatic heterocycles. The number of amides is 1. The van der Waals surface area contributed by atoms with Gasteiger partial charge in [0.1, 0.15) is 16.7 Å². The molecule has 3 aromatic carbocycles. The van der Waals surface area contributed by atoms with Gasteiger partial charge in [-0.3, -0.25) is 9.52 Å². The molecule has 7 nitrogen and oxygen atoms in total. The van der Waals surface area contributed by atoms with E-state index in [0.29, 0.717) is 23.5 Å². The van der Waals surface area contributed by atoms with Gasteiger partial charge in [-0.25, -0.2) is 8.42 Å². The van der Waals surface area contributed by atoms with Crippen molar-refractivity contribution in [2.24, 2.45) is 0 Å². The summed E-state index contributed by atoms with van der Waals surface area (Å²) in [7, 11) is -3.97. The number of sulfonamides is 1. The number of nitriles is 1. The molecule has 1 amide bonds. The highest BCUT2D eigenvalue weighted by Gasteiger charge is 2.28. The molecule has 0 saturated heterocycles. The first-order valence-electron chi connectivity index (χ1n) is 10.0.